The standard InChI is InChI=1S/C20H24N2O6/c1-4-28-19(24)17(18(23)13-8-6-5-7-9-13)22-20(25)21-14-10-11-15(26-2)16(12-14)27-3/h5-12,17-18,23H,4H2,1-3H3,(H2,21,22,25). The van der Waals surface area contributed by atoms with Crippen LogP contribution in [0.4, 0.5) is 10.5 Å². The van der Waals surface area contributed by atoms with Crippen LogP contribution in [0.15, 0.2) is 48.5 Å². The van der Waals surface area contributed by atoms with Crippen LogP contribution in [0.5, 0.6) is 11.5 Å². The lowest BCUT2D eigenvalue weighted by atomic mass is 10.0. The van der Waals surface area contributed by atoms with Crippen LogP contribution >= 0.6 is 0 Å². The van der Waals surface area contributed by atoms with Gasteiger partial charge in [0.05, 0.1) is 20.8 Å². The van der Waals surface area contributed by atoms with E-state index in [1.807, 2.05) is 0 Å². The summed E-state index contributed by atoms with van der Waals surface area (Å²) in [7, 11) is 2.99. The Morgan fingerprint density at radius 1 is 1.04 bits per heavy atom. The van der Waals surface area contributed by atoms with E-state index in [4.69, 9.17) is 14.2 Å². The van der Waals surface area contributed by atoms with E-state index >= 15 is 0 Å². The highest BCUT2D eigenvalue weighted by Gasteiger charge is 2.31. The molecule has 2 unspecified atom stereocenters. The van der Waals surface area contributed by atoms with Gasteiger partial charge in [-0.3, -0.25) is 0 Å². The van der Waals surface area contributed by atoms with Crippen LogP contribution in [0.1, 0.15) is 18.6 Å². The van der Waals surface area contributed by atoms with Gasteiger partial charge >= 0.3 is 12.0 Å². The number of nitrogens with one attached hydrogen (secondary N) is 2. The van der Waals surface area contributed by atoms with Crippen molar-refractivity contribution in [2.75, 3.05) is 26.1 Å². The minimum absolute atomic E-state index is 0.121. The number of amides is 2. The highest BCUT2D eigenvalue weighted by atomic mass is 16.5. The summed E-state index contributed by atoms with van der Waals surface area (Å²) >= 11 is 0. The first kappa shape index (κ1) is 21.0. The Morgan fingerprint density at radius 2 is 1.71 bits per heavy atom. The zero-order valence-corrected chi connectivity index (χ0v) is 16.0. The highest BCUT2D eigenvalue weighted by Crippen LogP contribution is 2.29. The first-order valence-electron chi connectivity index (χ1n) is 8.69. The number of carbonyl (C=O) groups is 2. The number of hydrogen-bond donors (Lipinski definition) is 3. The third-order valence-electron chi connectivity index (χ3n) is 3.93. The van der Waals surface area contributed by atoms with Gasteiger partial charge in [0.1, 0.15) is 6.10 Å². The molecular weight excluding hydrogens is 364 g/mol. The Hall–Kier alpha value is -3.26. The molecule has 0 fully saturated rings. The first-order valence-corrected chi connectivity index (χ1v) is 8.69. The number of benzene rings is 2. The minimum Gasteiger partial charge on any atom is -0.493 e. The van der Waals surface area contributed by atoms with Crippen molar-refractivity contribution < 1.29 is 28.9 Å². The fourth-order valence-corrected chi connectivity index (χ4v) is 2.56. The number of rotatable bonds is 8. The van der Waals surface area contributed by atoms with Crippen LogP contribution < -0.4 is 20.1 Å². The molecule has 0 saturated heterocycles. The van der Waals surface area contributed by atoms with E-state index in [0.29, 0.717) is 22.7 Å². The molecule has 0 aliphatic heterocycles. The van der Waals surface area contributed by atoms with E-state index in [2.05, 4.69) is 10.6 Å². The van der Waals surface area contributed by atoms with Crippen molar-refractivity contribution >= 4 is 17.7 Å². The molecule has 2 atom stereocenters. The smallest absolute Gasteiger partial charge is 0.331 e. The summed E-state index contributed by atoms with van der Waals surface area (Å²) in [4.78, 5) is 24.7. The first-order chi connectivity index (χ1) is 13.5. The molecule has 2 rings (SSSR count). The molecule has 0 aliphatic carbocycles. The van der Waals surface area contributed by atoms with Crippen LogP contribution in [-0.4, -0.2) is 44.0 Å². The second-order valence-corrected chi connectivity index (χ2v) is 5.75. The van der Waals surface area contributed by atoms with E-state index in [1.165, 1.54) is 14.2 Å². The summed E-state index contributed by atoms with van der Waals surface area (Å²) in [5.74, 6) is 0.213. The quantitative estimate of drug-likeness (QED) is 0.600. The predicted molar refractivity (Wildman–Crippen MR) is 104 cm³/mol. The molecule has 0 radical (unpaired) electrons. The van der Waals surface area contributed by atoms with Crippen LogP contribution in [-0.2, 0) is 9.53 Å². The zero-order chi connectivity index (χ0) is 20.5. The van der Waals surface area contributed by atoms with Gasteiger partial charge in [-0.15, -0.1) is 0 Å². The second-order valence-electron chi connectivity index (χ2n) is 5.75. The van der Waals surface area contributed by atoms with Crippen molar-refractivity contribution in [1.29, 1.82) is 0 Å². The Kier molecular flexibility index (Phi) is 7.65. The van der Waals surface area contributed by atoms with E-state index < -0.39 is 24.1 Å². The number of aliphatic hydroxyl groups excluding tert-OH is 1. The number of carbonyl (C=O) groups excluding carboxylic acids is 2. The number of anilines is 1. The Balaban J connectivity index is 2.15. The second kappa shape index (κ2) is 10.2. The summed E-state index contributed by atoms with van der Waals surface area (Å²) in [6.07, 6.45) is -1.27. The summed E-state index contributed by atoms with van der Waals surface area (Å²) in [5, 5.41) is 15.6. The predicted octanol–water partition coefficient (Wildman–Crippen LogP) is 2.49. The maximum atomic E-state index is 12.4. The number of ether oxygens (including phenoxy) is 3. The van der Waals surface area contributed by atoms with E-state index in [0.717, 1.165) is 0 Å². The maximum Gasteiger partial charge on any atom is 0.331 e. The number of esters is 1. The van der Waals surface area contributed by atoms with Crippen molar-refractivity contribution in [1.82, 2.24) is 5.32 Å². The molecule has 0 heterocycles. The molecule has 150 valence electrons. The van der Waals surface area contributed by atoms with Gasteiger partial charge in [0.25, 0.3) is 0 Å². The summed E-state index contributed by atoms with van der Waals surface area (Å²) in [6.45, 7) is 1.77. The largest absolute Gasteiger partial charge is 0.493 e. The van der Waals surface area contributed by atoms with E-state index in [-0.39, 0.29) is 6.61 Å². The van der Waals surface area contributed by atoms with Crippen LogP contribution in [0.25, 0.3) is 0 Å². The van der Waals surface area contributed by atoms with Crippen molar-refractivity contribution in [2.45, 2.75) is 19.1 Å². The van der Waals surface area contributed by atoms with Gasteiger partial charge in [-0.1, -0.05) is 30.3 Å². The lowest BCUT2D eigenvalue weighted by Gasteiger charge is -2.23. The molecule has 2 aromatic rings. The molecule has 8 heteroatoms. The molecule has 28 heavy (non-hydrogen) atoms. The van der Waals surface area contributed by atoms with E-state index in [1.54, 1.807) is 55.5 Å². The van der Waals surface area contributed by atoms with Gasteiger partial charge < -0.3 is 30.0 Å². The fraction of sp³-hybridized carbons (Fsp3) is 0.300. The van der Waals surface area contributed by atoms with Gasteiger partial charge in [-0.05, 0) is 24.6 Å². The lowest BCUT2D eigenvalue weighted by Crippen LogP contribution is -2.47. The van der Waals surface area contributed by atoms with Gasteiger partial charge in [0.2, 0.25) is 0 Å². The Labute approximate surface area is 163 Å². The number of methoxy groups -OCH3 is 2. The van der Waals surface area contributed by atoms with Gasteiger partial charge in [0, 0.05) is 11.8 Å². The van der Waals surface area contributed by atoms with Crippen molar-refractivity contribution in [2.24, 2.45) is 0 Å². The average molecular weight is 388 g/mol. The molecular formula is C20H24N2O6. The van der Waals surface area contributed by atoms with Crippen LogP contribution in [0.3, 0.4) is 0 Å². The van der Waals surface area contributed by atoms with Gasteiger partial charge in [-0.2, -0.15) is 0 Å². The molecule has 8 nitrogen and oxygen atoms in total. The maximum absolute atomic E-state index is 12.4. The number of hydrogen-bond acceptors (Lipinski definition) is 6. The van der Waals surface area contributed by atoms with Crippen LogP contribution in [0, 0.1) is 0 Å². The third-order valence-corrected chi connectivity index (χ3v) is 3.93. The monoisotopic (exact) mass is 388 g/mol. The molecule has 0 aromatic heterocycles. The number of aliphatic hydroxyl groups is 1. The van der Waals surface area contributed by atoms with Gasteiger partial charge in [-0.25, -0.2) is 9.59 Å². The fourth-order valence-electron chi connectivity index (χ4n) is 2.56. The summed E-state index contributed by atoms with van der Waals surface area (Å²) < 4.78 is 15.3. The van der Waals surface area contributed by atoms with Gasteiger partial charge in [0.15, 0.2) is 17.5 Å². The van der Waals surface area contributed by atoms with Crippen LogP contribution in [0.2, 0.25) is 0 Å². The zero-order valence-electron chi connectivity index (χ0n) is 16.0. The molecule has 2 amide bonds. The summed E-state index contributed by atoms with van der Waals surface area (Å²) in [6, 6.07) is 11.4. The minimum atomic E-state index is -1.28. The normalized spacial score (nSPS) is 12.4. The summed E-state index contributed by atoms with van der Waals surface area (Å²) in [5.41, 5.74) is 0.902. The molecule has 0 bridgehead atoms. The molecule has 3 N–H and O–H groups in total. The highest BCUT2D eigenvalue weighted by molar-refractivity contribution is 5.93. The number of urea groups is 1. The molecule has 0 aliphatic rings. The molecule has 2 aromatic carbocycles. The topological polar surface area (TPSA) is 106 Å². The third kappa shape index (κ3) is 5.37. The molecule has 0 spiro atoms. The average Bonchev–Trinajstić information content (AvgIpc) is 2.72. The van der Waals surface area contributed by atoms with Crippen molar-refractivity contribution in [3.63, 3.8) is 0 Å². The van der Waals surface area contributed by atoms with Crippen molar-refractivity contribution in [3.8, 4) is 11.5 Å². The Bertz CT molecular complexity index is 797. The Morgan fingerprint density at radius 3 is 2.32 bits per heavy atom. The van der Waals surface area contributed by atoms with Crippen molar-refractivity contribution in [3.05, 3.63) is 54.1 Å². The van der Waals surface area contributed by atoms with E-state index in [9.17, 15) is 14.7 Å². The lowest BCUT2D eigenvalue weighted by molar-refractivity contribution is -0.148. The molecule has 0 saturated carbocycles. The SMILES string of the molecule is CCOC(=O)C(NC(=O)Nc1ccc(OC)c(OC)c1)C(O)c1ccccc1.